The molecule has 0 aliphatic rings. The summed E-state index contributed by atoms with van der Waals surface area (Å²) in [7, 11) is 0. The molecular formula is C26H28BrClN2O3. The minimum absolute atomic E-state index is 0.0242. The molecule has 0 aliphatic heterocycles. The van der Waals surface area contributed by atoms with Crippen LogP contribution in [0.4, 0.5) is 0 Å². The van der Waals surface area contributed by atoms with Crippen LogP contribution in [0.1, 0.15) is 32.8 Å². The van der Waals surface area contributed by atoms with Gasteiger partial charge in [0.25, 0.3) is 5.91 Å². The summed E-state index contributed by atoms with van der Waals surface area (Å²) in [6, 6.07) is 18.4. The molecule has 3 rings (SSSR count). The summed E-state index contributed by atoms with van der Waals surface area (Å²) in [5.74, 6) is 0.130. The molecule has 3 aromatic carbocycles. The fraction of sp³-hybridized carbons (Fsp3) is 0.308. The number of amides is 2. The summed E-state index contributed by atoms with van der Waals surface area (Å²) in [5, 5.41) is 5.62. The van der Waals surface area contributed by atoms with Crippen molar-refractivity contribution >= 4 is 50.1 Å². The zero-order chi connectivity index (χ0) is 24.0. The molecule has 1 N–H and O–H groups in total. The molecule has 0 spiro atoms. The summed E-state index contributed by atoms with van der Waals surface area (Å²) in [6.07, 6.45) is 0.484. The minimum atomic E-state index is -0.612. The van der Waals surface area contributed by atoms with Gasteiger partial charge in [-0.15, -0.1) is 0 Å². The lowest BCUT2D eigenvalue weighted by Gasteiger charge is -2.31. The van der Waals surface area contributed by atoms with E-state index >= 15 is 0 Å². The van der Waals surface area contributed by atoms with Gasteiger partial charge in [0.05, 0.1) is 4.47 Å². The van der Waals surface area contributed by atoms with Crippen molar-refractivity contribution in [3.63, 3.8) is 0 Å². The van der Waals surface area contributed by atoms with Crippen LogP contribution in [0.15, 0.2) is 65.1 Å². The number of ether oxygens (including phenoxy) is 1. The van der Waals surface area contributed by atoms with Gasteiger partial charge in [-0.1, -0.05) is 61.0 Å². The average molecular weight is 532 g/mol. The van der Waals surface area contributed by atoms with E-state index in [1.165, 1.54) is 0 Å². The largest absolute Gasteiger partial charge is 0.483 e. The first-order valence-electron chi connectivity index (χ1n) is 10.9. The first-order valence-corrected chi connectivity index (χ1v) is 12.1. The molecule has 174 valence electrons. The number of carbonyl (C=O) groups excluding carboxylic acids is 2. The Morgan fingerprint density at radius 3 is 2.42 bits per heavy atom. The number of hydrogen-bond acceptors (Lipinski definition) is 3. The zero-order valence-electron chi connectivity index (χ0n) is 19.0. The molecule has 0 radical (unpaired) electrons. The fourth-order valence-corrected chi connectivity index (χ4v) is 4.37. The Kier molecular flexibility index (Phi) is 8.75. The molecule has 0 saturated carbocycles. The lowest BCUT2D eigenvalue weighted by molar-refractivity contribution is -0.143. The Balaban J connectivity index is 1.82. The van der Waals surface area contributed by atoms with Crippen LogP contribution >= 0.6 is 27.5 Å². The van der Waals surface area contributed by atoms with Gasteiger partial charge < -0.3 is 15.0 Å². The monoisotopic (exact) mass is 530 g/mol. The van der Waals surface area contributed by atoms with E-state index in [0.29, 0.717) is 17.2 Å². The van der Waals surface area contributed by atoms with Gasteiger partial charge in [-0.3, -0.25) is 9.59 Å². The van der Waals surface area contributed by atoms with Gasteiger partial charge in [0.2, 0.25) is 5.91 Å². The van der Waals surface area contributed by atoms with Crippen molar-refractivity contribution in [2.45, 2.75) is 45.8 Å². The standard InChI is InChI=1S/C26H28BrClN2O3/c1-4-22(26(32)29-17(2)3)30(15-18-9-12-20(28)13-10-18)24(31)16-33-23-14-11-19-7-5-6-8-21(19)25(23)27/h5-14,17,22H,4,15-16H2,1-3H3,(H,29,32)/t22-/m0/s1. The number of fused-ring (bicyclic) bond motifs is 1. The fourth-order valence-electron chi connectivity index (χ4n) is 3.63. The molecule has 0 fully saturated rings. The summed E-state index contributed by atoms with van der Waals surface area (Å²) in [6.45, 7) is 5.79. The second-order valence-electron chi connectivity index (χ2n) is 8.12. The van der Waals surface area contributed by atoms with Crippen LogP contribution in [0.5, 0.6) is 5.75 Å². The SMILES string of the molecule is CC[C@@H](C(=O)NC(C)C)N(Cc1ccc(Cl)cc1)C(=O)COc1ccc2ccccc2c1Br. The predicted octanol–water partition coefficient (Wildman–Crippen LogP) is 5.97. The number of halogens is 2. The molecular weight excluding hydrogens is 504 g/mol. The summed E-state index contributed by atoms with van der Waals surface area (Å²) in [4.78, 5) is 27.8. The van der Waals surface area contributed by atoms with E-state index in [4.69, 9.17) is 16.3 Å². The van der Waals surface area contributed by atoms with E-state index in [0.717, 1.165) is 20.8 Å². The molecule has 7 heteroatoms. The van der Waals surface area contributed by atoms with E-state index in [9.17, 15) is 9.59 Å². The van der Waals surface area contributed by atoms with E-state index in [2.05, 4.69) is 21.2 Å². The van der Waals surface area contributed by atoms with Crippen LogP contribution < -0.4 is 10.1 Å². The highest BCUT2D eigenvalue weighted by Gasteiger charge is 2.29. The van der Waals surface area contributed by atoms with E-state index in [1.54, 1.807) is 17.0 Å². The summed E-state index contributed by atoms with van der Waals surface area (Å²) in [5.41, 5.74) is 0.885. The highest BCUT2D eigenvalue weighted by molar-refractivity contribution is 9.10. The zero-order valence-corrected chi connectivity index (χ0v) is 21.3. The molecule has 2 amide bonds. The molecule has 0 unspecified atom stereocenters. The quantitative estimate of drug-likeness (QED) is 0.370. The Labute approximate surface area is 208 Å². The van der Waals surface area contributed by atoms with E-state index < -0.39 is 6.04 Å². The number of carbonyl (C=O) groups is 2. The first kappa shape index (κ1) is 25.1. The number of nitrogens with one attached hydrogen (secondary N) is 1. The van der Waals surface area contributed by atoms with Crippen molar-refractivity contribution in [2.24, 2.45) is 0 Å². The van der Waals surface area contributed by atoms with Crippen molar-refractivity contribution in [1.82, 2.24) is 10.2 Å². The maximum Gasteiger partial charge on any atom is 0.261 e. The molecule has 0 heterocycles. The van der Waals surface area contributed by atoms with E-state index in [1.807, 2.05) is 69.3 Å². The molecule has 5 nitrogen and oxygen atoms in total. The molecule has 3 aromatic rings. The van der Waals surface area contributed by atoms with Crippen LogP contribution in [0, 0.1) is 0 Å². The molecule has 0 saturated heterocycles. The van der Waals surface area contributed by atoms with E-state index in [-0.39, 0.29) is 31.0 Å². The molecule has 0 bridgehead atoms. The number of nitrogens with zero attached hydrogens (tertiary/aromatic N) is 1. The Morgan fingerprint density at radius 1 is 1.06 bits per heavy atom. The van der Waals surface area contributed by atoms with Gasteiger partial charge in [0.1, 0.15) is 11.8 Å². The smallest absolute Gasteiger partial charge is 0.261 e. The number of hydrogen-bond donors (Lipinski definition) is 1. The van der Waals surface area contributed by atoms with Gasteiger partial charge in [0, 0.05) is 17.6 Å². The van der Waals surface area contributed by atoms with Crippen LogP contribution in [-0.2, 0) is 16.1 Å². The third kappa shape index (κ3) is 6.49. The summed E-state index contributed by atoms with van der Waals surface area (Å²) >= 11 is 9.61. The number of benzene rings is 3. The highest BCUT2D eigenvalue weighted by atomic mass is 79.9. The Bertz CT molecular complexity index is 1120. The van der Waals surface area contributed by atoms with Gasteiger partial charge in [-0.2, -0.15) is 0 Å². The molecule has 0 aromatic heterocycles. The van der Waals surface area contributed by atoms with Gasteiger partial charge >= 0.3 is 0 Å². The topological polar surface area (TPSA) is 58.6 Å². The lowest BCUT2D eigenvalue weighted by Crippen LogP contribution is -2.51. The maximum atomic E-state index is 13.3. The van der Waals surface area contributed by atoms with Crippen molar-refractivity contribution < 1.29 is 14.3 Å². The number of rotatable bonds is 9. The van der Waals surface area contributed by atoms with Crippen LogP contribution in [-0.4, -0.2) is 35.4 Å². The van der Waals surface area contributed by atoms with Crippen LogP contribution in [0.2, 0.25) is 5.02 Å². The maximum absolute atomic E-state index is 13.3. The molecule has 1 atom stereocenters. The molecule has 33 heavy (non-hydrogen) atoms. The predicted molar refractivity (Wildman–Crippen MR) is 137 cm³/mol. The minimum Gasteiger partial charge on any atom is -0.483 e. The van der Waals surface area contributed by atoms with Gasteiger partial charge in [0.15, 0.2) is 6.61 Å². The first-order chi connectivity index (χ1) is 15.8. The Morgan fingerprint density at radius 2 is 1.76 bits per heavy atom. The van der Waals surface area contributed by atoms with Crippen molar-refractivity contribution in [1.29, 1.82) is 0 Å². The lowest BCUT2D eigenvalue weighted by atomic mass is 10.1. The average Bonchev–Trinajstić information content (AvgIpc) is 2.79. The van der Waals surface area contributed by atoms with Crippen molar-refractivity contribution in [2.75, 3.05) is 6.61 Å². The van der Waals surface area contributed by atoms with Crippen molar-refractivity contribution in [3.05, 3.63) is 75.7 Å². The van der Waals surface area contributed by atoms with Gasteiger partial charge in [-0.05, 0) is 70.7 Å². The normalized spacial score (nSPS) is 11.9. The van der Waals surface area contributed by atoms with Crippen LogP contribution in [0.3, 0.4) is 0 Å². The second-order valence-corrected chi connectivity index (χ2v) is 9.35. The molecule has 0 aliphatic carbocycles. The van der Waals surface area contributed by atoms with Crippen LogP contribution in [0.25, 0.3) is 10.8 Å². The van der Waals surface area contributed by atoms with Gasteiger partial charge in [-0.25, -0.2) is 0 Å². The van der Waals surface area contributed by atoms with Crippen molar-refractivity contribution in [3.8, 4) is 5.75 Å². The highest BCUT2D eigenvalue weighted by Crippen LogP contribution is 2.33. The third-order valence-electron chi connectivity index (χ3n) is 5.26. The third-order valence-corrected chi connectivity index (χ3v) is 6.33. The second kappa shape index (κ2) is 11.5. The summed E-state index contributed by atoms with van der Waals surface area (Å²) < 4.78 is 6.70. The Hall–Kier alpha value is -2.57.